The van der Waals surface area contributed by atoms with Crippen molar-refractivity contribution in [1.29, 1.82) is 5.26 Å². The highest BCUT2D eigenvalue weighted by Crippen LogP contribution is 2.35. The fraction of sp³-hybridized carbons (Fsp3) is 0.440. The second-order valence-electron chi connectivity index (χ2n) is 9.48. The van der Waals surface area contributed by atoms with Crippen LogP contribution >= 0.6 is 0 Å². The topological polar surface area (TPSA) is 105 Å². The van der Waals surface area contributed by atoms with Crippen molar-refractivity contribution in [2.45, 2.75) is 43.9 Å². The Bertz CT molecular complexity index is 1280. The van der Waals surface area contributed by atoms with Crippen LogP contribution in [0.1, 0.15) is 31.4 Å². The van der Waals surface area contributed by atoms with Gasteiger partial charge in [-0.3, -0.25) is 9.69 Å². The van der Waals surface area contributed by atoms with E-state index in [9.17, 15) is 10.1 Å². The van der Waals surface area contributed by atoms with Gasteiger partial charge in [0.15, 0.2) is 5.82 Å². The van der Waals surface area contributed by atoms with Gasteiger partial charge in [-0.2, -0.15) is 10.4 Å². The Morgan fingerprint density at radius 3 is 2.76 bits per heavy atom. The molecule has 9 nitrogen and oxygen atoms in total. The number of likely N-dealkylation sites (N-methyl/N-ethyl adjacent to an activating group) is 1. The highest BCUT2D eigenvalue weighted by Gasteiger charge is 2.38. The smallest absolute Gasteiger partial charge is 0.228 e. The van der Waals surface area contributed by atoms with Gasteiger partial charge in [-0.25, -0.2) is 9.50 Å². The number of nitrogens with one attached hydrogen (secondary N) is 1. The molecule has 0 unspecified atom stereocenters. The molecule has 34 heavy (non-hydrogen) atoms. The van der Waals surface area contributed by atoms with Crippen LogP contribution in [-0.2, 0) is 9.53 Å². The molecule has 3 atom stereocenters. The zero-order chi connectivity index (χ0) is 23.2. The molecular weight excluding hydrogens is 432 g/mol. The van der Waals surface area contributed by atoms with E-state index in [0.717, 1.165) is 55.5 Å². The fourth-order valence-electron chi connectivity index (χ4n) is 4.94. The average Bonchev–Trinajstić information content (AvgIpc) is 3.60. The van der Waals surface area contributed by atoms with Gasteiger partial charge in [0.05, 0.1) is 24.9 Å². The number of ether oxygens (including phenoxy) is 2. The van der Waals surface area contributed by atoms with E-state index in [0.29, 0.717) is 29.3 Å². The number of carbonyl (C=O) groups excluding carboxylic acids is 1. The summed E-state index contributed by atoms with van der Waals surface area (Å²) in [5.74, 6) is 1.35. The lowest BCUT2D eigenvalue weighted by Crippen LogP contribution is -2.57. The molecular formula is C25H26N6O3. The van der Waals surface area contributed by atoms with Gasteiger partial charge in [0.2, 0.25) is 5.91 Å². The van der Waals surface area contributed by atoms with Gasteiger partial charge in [-0.05, 0) is 43.7 Å². The standard InChI is InChI=1S/C25H26N6O3/c1-30-19-8-21(9-20(30)14-33-13-19)34-23-12-27-17(11-26)7-22(23)16-4-5-31-18(6-16)10-24(29-31)28-25(32)15-2-3-15/h4-7,10,12,15,19-21H,2-3,8-9,13-14H2,1H3,(H,28,29,32)/t19-,20+,21-. The van der Waals surface area contributed by atoms with Gasteiger partial charge in [-0.15, -0.1) is 0 Å². The Kier molecular flexibility index (Phi) is 5.20. The lowest BCUT2D eigenvalue weighted by Gasteiger charge is -2.46. The average molecular weight is 459 g/mol. The van der Waals surface area contributed by atoms with E-state index in [2.05, 4.69) is 33.4 Å². The van der Waals surface area contributed by atoms with Crippen molar-refractivity contribution in [1.82, 2.24) is 19.5 Å². The highest BCUT2D eigenvalue weighted by molar-refractivity contribution is 5.93. The van der Waals surface area contributed by atoms with Crippen molar-refractivity contribution >= 4 is 17.2 Å². The number of pyridine rings is 2. The third-order valence-corrected chi connectivity index (χ3v) is 7.09. The largest absolute Gasteiger partial charge is 0.488 e. The monoisotopic (exact) mass is 458 g/mol. The Morgan fingerprint density at radius 2 is 2.03 bits per heavy atom. The van der Waals surface area contributed by atoms with Crippen LogP contribution in [0.25, 0.3) is 16.6 Å². The zero-order valence-electron chi connectivity index (χ0n) is 19.0. The minimum absolute atomic E-state index is 0.0282. The fourth-order valence-corrected chi connectivity index (χ4v) is 4.94. The van der Waals surface area contributed by atoms with Crippen molar-refractivity contribution < 1.29 is 14.3 Å². The van der Waals surface area contributed by atoms with Crippen molar-refractivity contribution in [2.75, 3.05) is 25.6 Å². The normalized spacial score (nSPS) is 24.5. The molecule has 3 aliphatic rings. The van der Waals surface area contributed by atoms with Gasteiger partial charge >= 0.3 is 0 Å². The molecule has 3 aromatic rings. The number of nitrogens with zero attached hydrogens (tertiary/aromatic N) is 5. The Hall–Kier alpha value is -3.48. The van der Waals surface area contributed by atoms with Gasteiger partial charge in [0, 0.05) is 48.7 Å². The molecule has 0 aromatic carbocycles. The third kappa shape index (κ3) is 4.00. The summed E-state index contributed by atoms with van der Waals surface area (Å²) in [6.07, 6.45) is 7.23. The van der Waals surface area contributed by atoms with Gasteiger partial charge in [-0.1, -0.05) is 0 Å². The van der Waals surface area contributed by atoms with Crippen LogP contribution in [0, 0.1) is 17.2 Å². The molecule has 2 saturated heterocycles. The van der Waals surface area contributed by atoms with Crippen molar-refractivity contribution in [3.8, 4) is 22.9 Å². The minimum atomic E-state index is 0.0282. The summed E-state index contributed by atoms with van der Waals surface area (Å²) >= 11 is 0. The van der Waals surface area contributed by atoms with E-state index in [-0.39, 0.29) is 17.9 Å². The summed E-state index contributed by atoms with van der Waals surface area (Å²) in [5, 5.41) is 16.8. The van der Waals surface area contributed by atoms with Crippen LogP contribution in [0.2, 0.25) is 0 Å². The molecule has 3 fully saturated rings. The number of aromatic nitrogens is 3. The summed E-state index contributed by atoms with van der Waals surface area (Å²) in [6.45, 7) is 1.45. The van der Waals surface area contributed by atoms with Crippen LogP contribution in [0.15, 0.2) is 36.7 Å². The molecule has 3 aromatic heterocycles. The quantitative estimate of drug-likeness (QED) is 0.627. The third-order valence-electron chi connectivity index (χ3n) is 7.09. The minimum Gasteiger partial charge on any atom is -0.488 e. The number of nitriles is 1. The Labute approximate surface area is 197 Å². The maximum absolute atomic E-state index is 12.1. The summed E-state index contributed by atoms with van der Waals surface area (Å²) < 4.78 is 14.0. The molecule has 6 rings (SSSR count). The van der Waals surface area contributed by atoms with Crippen LogP contribution in [-0.4, -0.2) is 63.9 Å². The molecule has 2 aliphatic heterocycles. The number of hydrogen-bond donors (Lipinski definition) is 1. The van der Waals surface area contributed by atoms with E-state index in [1.807, 2.05) is 24.4 Å². The molecule has 1 saturated carbocycles. The van der Waals surface area contributed by atoms with E-state index in [1.165, 1.54) is 0 Å². The van der Waals surface area contributed by atoms with Crippen LogP contribution < -0.4 is 10.1 Å². The zero-order valence-corrected chi connectivity index (χ0v) is 19.0. The van der Waals surface area contributed by atoms with E-state index in [4.69, 9.17) is 9.47 Å². The number of piperidine rings is 1. The van der Waals surface area contributed by atoms with E-state index in [1.54, 1.807) is 16.8 Å². The van der Waals surface area contributed by atoms with E-state index < -0.39 is 0 Å². The summed E-state index contributed by atoms with van der Waals surface area (Å²) in [4.78, 5) is 18.8. The molecule has 0 radical (unpaired) electrons. The number of rotatable bonds is 5. The molecule has 5 heterocycles. The predicted molar refractivity (Wildman–Crippen MR) is 124 cm³/mol. The maximum atomic E-state index is 12.1. The molecule has 9 heteroatoms. The number of anilines is 1. The molecule has 1 aliphatic carbocycles. The second kappa shape index (κ2) is 8.38. The van der Waals surface area contributed by atoms with Crippen molar-refractivity contribution in [3.05, 3.63) is 42.4 Å². The first kappa shape index (κ1) is 21.1. The first-order chi connectivity index (χ1) is 16.6. The second-order valence-corrected chi connectivity index (χ2v) is 9.48. The highest BCUT2D eigenvalue weighted by atomic mass is 16.5. The SMILES string of the molecule is CN1[C@@H]2COC[C@H]1C[C@@H](Oc1cnc(C#N)cc1-c1ccn3nc(NC(=O)C4CC4)cc3c1)C2. The lowest BCUT2D eigenvalue weighted by atomic mass is 9.92. The van der Waals surface area contributed by atoms with Crippen LogP contribution in [0.4, 0.5) is 5.82 Å². The number of carbonyl (C=O) groups is 1. The molecule has 174 valence electrons. The number of hydrogen-bond acceptors (Lipinski definition) is 7. The first-order valence-corrected chi connectivity index (χ1v) is 11.7. The predicted octanol–water partition coefficient (Wildman–Crippen LogP) is 2.86. The van der Waals surface area contributed by atoms with Gasteiger partial charge in [0.25, 0.3) is 0 Å². The number of morpholine rings is 1. The number of amides is 1. The first-order valence-electron chi connectivity index (χ1n) is 11.7. The van der Waals surface area contributed by atoms with Crippen molar-refractivity contribution in [2.24, 2.45) is 5.92 Å². The molecule has 1 amide bonds. The summed E-state index contributed by atoms with van der Waals surface area (Å²) in [6, 6.07) is 10.4. The lowest BCUT2D eigenvalue weighted by molar-refractivity contribution is -0.117. The van der Waals surface area contributed by atoms with Crippen molar-refractivity contribution in [3.63, 3.8) is 0 Å². The van der Waals surface area contributed by atoms with Gasteiger partial charge in [0.1, 0.15) is 23.6 Å². The van der Waals surface area contributed by atoms with Gasteiger partial charge < -0.3 is 14.8 Å². The molecule has 1 N–H and O–H groups in total. The Balaban J connectivity index is 1.29. The summed E-state index contributed by atoms with van der Waals surface area (Å²) in [5.41, 5.74) is 2.90. The molecule has 0 spiro atoms. The van der Waals surface area contributed by atoms with E-state index >= 15 is 0 Å². The molecule has 2 bridgehead atoms. The maximum Gasteiger partial charge on any atom is 0.228 e. The summed E-state index contributed by atoms with van der Waals surface area (Å²) in [7, 11) is 2.16. The van der Waals surface area contributed by atoms with Crippen LogP contribution in [0.3, 0.4) is 0 Å². The number of fused-ring (bicyclic) bond motifs is 3. The van der Waals surface area contributed by atoms with Crippen LogP contribution in [0.5, 0.6) is 5.75 Å². The Morgan fingerprint density at radius 1 is 1.24 bits per heavy atom.